The molecule has 2 aliphatic rings. The fourth-order valence-corrected chi connectivity index (χ4v) is 5.36. The Hall–Kier alpha value is -1.34. The third-order valence-electron chi connectivity index (χ3n) is 5.10. The molecular formula is C15H22N2O16P2-2. The largest absolute Gasteiger partial charge is 0.756 e. The van der Waals surface area contributed by atoms with Crippen LogP contribution in [0.3, 0.4) is 0 Å². The standard InChI is InChI=1S/C15H24N2O16P2/c1-5-8(19)10(21)12(23)14(30-5)32-35(27,28)33-34(25,26)29-4-6-9(20)11(22)13(31-6)17-3-2-7(18)16-15(17)24/h2-3,5-6,8-14,19-23H,4H2,1H3,(H,25,26)(H,27,28)(H,16,18,24)/p-2/t5-,6+,8-,9+,10+,11+,12+,13+,14+/m0/s1. The van der Waals surface area contributed by atoms with Crippen LogP contribution in [0.5, 0.6) is 0 Å². The fraction of sp³-hybridized carbons (Fsp3) is 0.733. The van der Waals surface area contributed by atoms with Crippen molar-refractivity contribution in [3.05, 3.63) is 33.1 Å². The van der Waals surface area contributed by atoms with Gasteiger partial charge in [0.25, 0.3) is 21.2 Å². The maximum absolute atomic E-state index is 12.0. The topological polar surface area (TPSA) is 282 Å². The van der Waals surface area contributed by atoms with E-state index in [9.17, 15) is 54.0 Å². The van der Waals surface area contributed by atoms with Crippen LogP contribution >= 0.6 is 15.6 Å². The predicted molar refractivity (Wildman–Crippen MR) is 103 cm³/mol. The molecule has 0 bridgehead atoms. The lowest BCUT2D eigenvalue weighted by Gasteiger charge is -2.41. The minimum Gasteiger partial charge on any atom is -0.756 e. The van der Waals surface area contributed by atoms with Crippen molar-refractivity contribution >= 4 is 15.6 Å². The number of aliphatic hydroxyl groups is 5. The van der Waals surface area contributed by atoms with Crippen molar-refractivity contribution in [3.63, 3.8) is 0 Å². The van der Waals surface area contributed by atoms with Crippen molar-refractivity contribution in [1.29, 1.82) is 0 Å². The van der Waals surface area contributed by atoms with Gasteiger partial charge in [-0.1, -0.05) is 0 Å². The molecule has 200 valence electrons. The lowest BCUT2D eigenvalue weighted by molar-refractivity contribution is -0.299. The van der Waals surface area contributed by atoms with Crippen LogP contribution in [0.1, 0.15) is 13.2 Å². The molecule has 0 saturated carbocycles. The van der Waals surface area contributed by atoms with Gasteiger partial charge in [-0.05, 0) is 6.92 Å². The molecule has 2 saturated heterocycles. The summed E-state index contributed by atoms with van der Waals surface area (Å²) in [4.78, 5) is 48.9. The van der Waals surface area contributed by atoms with Crippen molar-refractivity contribution in [2.75, 3.05) is 6.61 Å². The van der Waals surface area contributed by atoms with Gasteiger partial charge < -0.3 is 49.3 Å². The first-order chi connectivity index (χ1) is 16.1. The number of H-pyrrole nitrogens is 1. The highest BCUT2D eigenvalue weighted by Gasteiger charge is 2.46. The Kier molecular flexibility index (Phi) is 8.52. The van der Waals surface area contributed by atoms with E-state index in [0.717, 1.165) is 12.3 Å². The molecule has 0 spiro atoms. The van der Waals surface area contributed by atoms with E-state index in [2.05, 4.69) is 13.4 Å². The molecule has 1 aromatic heterocycles. The number of phosphoric ester groups is 2. The number of nitrogens with zero attached hydrogens (tertiary/aromatic N) is 1. The molecule has 0 aliphatic carbocycles. The van der Waals surface area contributed by atoms with E-state index in [1.54, 1.807) is 0 Å². The molecule has 3 rings (SSSR count). The third kappa shape index (κ3) is 6.51. The Balaban J connectivity index is 1.61. The lowest BCUT2D eigenvalue weighted by atomic mass is 10.0. The van der Waals surface area contributed by atoms with Crippen LogP contribution in [0, 0.1) is 0 Å². The van der Waals surface area contributed by atoms with Crippen molar-refractivity contribution in [1.82, 2.24) is 9.55 Å². The second-order valence-electron chi connectivity index (χ2n) is 7.62. The second kappa shape index (κ2) is 10.6. The minimum absolute atomic E-state index is 0.712. The van der Waals surface area contributed by atoms with Gasteiger partial charge in [0.2, 0.25) is 0 Å². The van der Waals surface area contributed by atoms with Crippen molar-refractivity contribution in [2.24, 2.45) is 0 Å². The number of phosphoric acid groups is 2. The Morgan fingerprint density at radius 2 is 1.66 bits per heavy atom. The SMILES string of the molecule is C[C@@H]1O[C@H](OP(=O)([O-])OP(=O)([O-])OC[C@H]2O[C@@H](n3ccc(=O)[nH]c3=O)[C@H](O)[C@@H]2O)[C@H](O)[C@H](O)[C@H]1O. The van der Waals surface area contributed by atoms with E-state index in [-0.39, 0.29) is 0 Å². The van der Waals surface area contributed by atoms with Crippen LogP contribution in [-0.2, 0) is 32.0 Å². The number of nitrogens with one attached hydrogen (secondary N) is 1. The van der Waals surface area contributed by atoms with Crippen LogP contribution in [0.4, 0.5) is 0 Å². The lowest BCUT2D eigenvalue weighted by Crippen LogP contribution is -2.57. The smallest absolute Gasteiger partial charge is 0.330 e. The molecule has 6 N–H and O–H groups in total. The van der Waals surface area contributed by atoms with Gasteiger partial charge in [-0.2, -0.15) is 0 Å². The predicted octanol–water partition coefficient (Wildman–Crippen LogP) is -5.03. The molecule has 2 unspecified atom stereocenters. The molecule has 18 nitrogen and oxygen atoms in total. The van der Waals surface area contributed by atoms with E-state index >= 15 is 0 Å². The molecule has 0 radical (unpaired) electrons. The molecule has 0 amide bonds. The summed E-state index contributed by atoms with van der Waals surface area (Å²) in [5.74, 6) is 0. The highest BCUT2D eigenvalue weighted by Crippen LogP contribution is 2.57. The number of rotatable bonds is 8. The maximum Gasteiger partial charge on any atom is 0.330 e. The summed E-state index contributed by atoms with van der Waals surface area (Å²) >= 11 is 0. The molecule has 3 heterocycles. The minimum atomic E-state index is -5.81. The fourth-order valence-electron chi connectivity index (χ4n) is 3.28. The summed E-state index contributed by atoms with van der Waals surface area (Å²) in [6, 6.07) is 0.923. The van der Waals surface area contributed by atoms with Crippen LogP contribution in [0.25, 0.3) is 0 Å². The van der Waals surface area contributed by atoms with E-state index in [1.807, 2.05) is 4.98 Å². The Labute approximate surface area is 195 Å². The summed E-state index contributed by atoms with van der Waals surface area (Å²) in [6.45, 7) is 0.127. The van der Waals surface area contributed by atoms with E-state index < -0.39 is 88.7 Å². The first-order valence-corrected chi connectivity index (χ1v) is 12.7. The van der Waals surface area contributed by atoms with Gasteiger partial charge in [0.1, 0.15) is 36.6 Å². The zero-order chi connectivity index (χ0) is 26.3. The van der Waals surface area contributed by atoms with Gasteiger partial charge >= 0.3 is 5.69 Å². The van der Waals surface area contributed by atoms with Gasteiger partial charge in [0.15, 0.2) is 12.5 Å². The molecule has 11 atom stereocenters. The average Bonchev–Trinajstić information content (AvgIpc) is 3.02. The zero-order valence-electron chi connectivity index (χ0n) is 17.6. The number of aromatic nitrogens is 2. The highest BCUT2D eigenvalue weighted by atomic mass is 31.3. The van der Waals surface area contributed by atoms with Crippen LogP contribution in [-0.4, -0.2) is 90.7 Å². The molecule has 2 fully saturated rings. The molecule has 20 heteroatoms. The quantitative estimate of drug-likeness (QED) is 0.166. The van der Waals surface area contributed by atoms with Crippen molar-refractivity contribution in [3.8, 4) is 0 Å². The Morgan fingerprint density at radius 3 is 2.29 bits per heavy atom. The molecule has 35 heavy (non-hydrogen) atoms. The van der Waals surface area contributed by atoms with Crippen LogP contribution < -0.4 is 21.0 Å². The maximum atomic E-state index is 12.0. The number of aromatic amines is 1. The summed E-state index contributed by atoms with van der Waals surface area (Å²) in [5.41, 5.74) is -1.75. The van der Waals surface area contributed by atoms with Gasteiger partial charge in [-0.15, -0.1) is 0 Å². The zero-order valence-corrected chi connectivity index (χ0v) is 19.4. The first-order valence-electron chi connectivity index (χ1n) is 9.81. The summed E-state index contributed by atoms with van der Waals surface area (Å²) < 4.78 is 47.3. The summed E-state index contributed by atoms with van der Waals surface area (Å²) in [7, 11) is -11.6. The Bertz CT molecular complexity index is 1110. The summed E-state index contributed by atoms with van der Waals surface area (Å²) in [6.07, 6.45) is -14.7. The third-order valence-corrected chi connectivity index (χ3v) is 7.63. The van der Waals surface area contributed by atoms with Gasteiger partial charge in [0.05, 0.1) is 12.7 Å². The van der Waals surface area contributed by atoms with Gasteiger partial charge in [-0.3, -0.25) is 28.0 Å². The average molecular weight is 548 g/mol. The number of hydrogen-bond donors (Lipinski definition) is 6. The monoisotopic (exact) mass is 548 g/mol. The first kappa shape index (κ1) is 28.2. The van der Waals surface area contributed by atoms with Crippen molar-refractivity contribution < 1.29 is 67.3 Å². The normalized spacial score (nSPS) is 39.1. The molecule has 1 aromatic rings. The highest BCUT2D eigenvalue weighted by molar-refractivity contribution is 7.59. The molecular weight excluding hydrogens is 526 g/mol. The second-order valence-corrected chi connectivity index (χ2v) is 10.5. The molecule has 2 aliphatic heterocycles. The van der Waals surface area contributed by atoms with E-state index in [4.69, 9.17) is 9.47 Å². The van der Waals surface area contributed by atoms with Crippen LogP contribution in [0.15, 0.2) is 21.9 Å². The van der Waals surface area contributed by atoms with Gasteiger partial charge in [-0.25, -0.2) is 9.11 Å². The van der Waals surface area contributed by atoms with Gasteiger partial charge in [0, 0.05) is 12.3 Å². The van der Waals surface area contributed by atoms with E-state index in [0.29, 0.717) is 4.57 Å². The number of hydrogen-bond acceptors (Lipinski definition) is 16. The van der Waals surface area contributed by atoms with Crippen LogP contribution in [0.2, 0.25) is 0 Å². The Morgan fingerprint density at radius 1 is 1.00 bits per heavy atom. The van der Waals surface area contributed by atoms with E-state index in [1.165, 1.54) is 6.92 Å². The summed E-state index contributed by atoms with van der Waals surface area (Å²) in [5, 5.41) is 49.2. The molecule has 0 aromatic carbocycles. The van der Waals surface area contributed by atoms with Crippen molar-refractivity contribution in [2.45, 2.75) is 62.2 Å². The number of aliphatic hydroxyl groups excluding tert-OH is 5. The number of ether oxygens (including phenoxy) is 2.